The molecule has 5 aromatic rings. The average molecular weight is 465 g/mol. The van der Waals surface area contributed by atoms with Crippen molar-refractivity contribution in [2.45, 2.75) is 26.3 Å². The van der Waals surface area contributed by atoms with Crippen LogP contribution in [-0.2, 0) is 11.2 Å². The molecule has 0 bridgehead atoms. The van der Waals surface area contributed by atoms with Gasteiger partial charge in [-0.3, -0.25) is 14.6 Å². The molecular weight excluding hydrogens is 440 g/mol. The van der Waals surface area contributed by atoms with Gasteiger partial charge in [0.25, 0.3) is 0 Å². The smallest absolute Gasteiger partial charge is 0.228 e. The van der Waals surface area contributed by atoms with Gasteiger partial charge in [-0.05, 0) is 43.7 Å². The molecule has 35 heavy (non-hydrogen) atoms. The lowest BCUT2D eigenvalue weighted by Gasteiger charge is -2.07. The van der Waals surface area contributed by atoms with Gasteiger partial charge in [0.15, 0.2) is 5.78 Å². The van der Waals surface area contributed by atoms with Crippen molar-refractivity contribution in [2.75, 3.05) is 5.32 Å². The van der Waals surface area contributed by atoms with Gasteiger partial charge in [-0.25, -0.2) is 9.97 Å². The third-order valence-electron chi connectivity index (χ3n) is 5.75. The fourth-order valence-electron chi connectivity index (χ4n) is 4.05. The van der Waals surface area contributed by atoms with Gasteiger partial charge < -0.3 is 14.5 Å². The Morgan fingerprint density at radius 3 is 2.63 bits per heavy atom. The van der Waals surface area contributed by atoms with E-state index < -0.39 is 0 Å². The number of nitrogens with one attached hydrogen (secondary N) is 1. The Bertz CT molecular complexity index is 1520. The molecule has 1 N–H and O–H groups in total. The number of hydrogen-bond acceptors (Lipinski definition) is 5. The number of pyridine rings is 1. The average Bonchev–Trinajstić information content (AvgIpc) is 3.49. The molecule has 0 aliphatic rings. The van der Waals surface area contributed by atoms with Crippen molar-refractivity contribution in [1.29, 1.82) is 0 Å². The molecule has 174 valence electrons. The second kappa shape index (κ2) is 9.34. The van der Waals surface area contributed by atoms with Crippen LogP contribution >= 0.6 is 0 Å². The van der Waals surface area contributed by atoms with Gasteiger partial charge in [-0.15, -0.1) is 0 Å². The number of rotatable bonds is 7. The van der Waals surface area contributed by atoms with E-state index >= 15 is 0 Å². The molecular formula is C27H24N6O2. The zero-order chi connectivity index (χ0) is 24.4. The minimum atomic E-state index is -0.201. The van der Waals surface area contributed by atoms with Gasteiger partial charge in [0, 0.05) is 53.7 Å². The van der Waals surface area contributed by atoms with Crippen molar-refractivity contribution in [2.24, 2.45) is 0 Å². The highest BCUT2D eigenvalue weighted by atomic mass is 16.1. The van der Waals surface area contributed by atoms with E-state index in [4.69, 9.17) is 0 Å². The Morgan fingerprint density at radius 1 is 1.00 bits per heavy atom. The normalized spacial score (nSPS) is 11.2. The molecule has 8 nitrogen and oxygen atoms in total. The first-order valence-corrected chi connectivity index (χ1v) is 11.3. The lowest BCUT2D eigenvalue weighted by molar-refractivity contribution is -0.115. The van der Waals surface area contributed by atoms with Gasteiger partial charge in [0.05, 0.1) is 23.9 Å². The third kappa shape index (κ3) is 4.59. The molecule has 0 saturated carbocycles. The Labute approximate surface area is 202 Å². The molecule has 5 rings (SSSR count). The molecule has 0 fully saturated rings. The van der Waals surface area contributed by atoms with Crippen molar-refractivity contribution in [3.05, 3.63) is 103 Å². The number of amides is 1. The molecule has 0 aliphatic carbocycles. The van der Waals surface area contributed by atoms with Crippen molar-refractivity contribution >= 4 is 28.4 Å². The standard InChI is InChI=1S/C27H24N6O2/c1-18(2)33-16-24(23-14-29-17-30-27(23)33)26(35)20-11-21(13-28-12-20)31-25(34)10-19-8-9-32(15-19)22-6-4-3-5-7-22/h3-9,11-18H,10H2,1-2H3,(H,31,34). The van der Waals surface area contributed by atoms with Gasteiger partial charge >= 0.3 is 0 Å². The molecule has 4 heterocycles. The van der Waals surface area contributed by atoms with Crippen LogP contribution in [-0.4, -0.2) is 35.8 Å². The van der Waals surface area contributed by atoms with E-state index in [-0.39, 0.29) is 24.2 Å². The minimum absolute atomic E-state index is 0.134. The first-order chi connectivity index (χ1) is 17.0. The Kier molecular flexibility index (Phi) is 5.93. The zero-order valence-electron chi connectivity index (χ0n) is 19.4. The van der Waals surface area contributed by atoms with E-state index in [0.717, 1.165) is 11.3 Å². The molecule has 0 radical (unpaired) electrons. The number of fused-ring (bicyclic) bond motifs is 1. The monoisotopic (exact) mass is 464 g/mol. The van der Waals surface area contributed by atoms with Gasteiger partial charge in [-0.1, -0.05) is 18.2 Å². The van der Waals surface area contributed by atoms with Crippen LogP contribution in [0.4, 0.5) is 5.69 Å². The molecule has 1 aromatic carbocycles. The number of carbonyl (C=O) groups excluding carboxylic acids is 2. The second-order valence-electron chi connectivity index (χ2n) is 8.58. The van der Waals surface area contributed by atoms with Crippen LogP contribution in [0.2, 0.25) is 0 Å². The number of benzene rings is 1. The predicted molar refractivity (Wildman–Crippen MR) is 134 cm³/mol. The third-order valence-corrected chi connectivity index (χ3v) is 5.75. The summed E-state index contributed by atoms with van der Waals surface area (Å²) in [6.45, 7) is 4.06. The summed E-state index contributed by atoms with van der Waals surface area (Å²) in [5.41, 5.74) is 3.96. The topological polar surface area (TPSA) is 94.7 Å². The van der Waals surface area contributed by atoms with Crippen molar-refractivity contribution in [1.82, 2.24) is 24.1 Å². The molecule has 0 aliphatic heterocycles. The lowest BCUT2D eigenvalue weighted by Crippen LogP contribution is -2.15. The van der Waals surface area contributed by atoms with Crippen LogP contribution in [0.5, 0.6) is 0 Å². The molecule has 0 saturated heterocycles. The van der Waals surface area contributed by atoms with Crippen molar-refractivity contribution in [3.63, 3.8) is 0 Å². The second-order valence-corrected chi connectivity index (χ2v) is 8.58. The van der Waals surface area contributed by atoms with Crippen LogP contribution in [0.15, 0.2) is 86.0 Å². The summed E-state index contributed by atoms with van der Waals surface area (Å²) in [7, 11) is 0. The molecule has 4 aromatic heterocycles. The maximum Gasteiger partial charge on any atom is 0.228 e. The summed E-state index contributed by atoms with van der Waals surface area (Å²) in [5.74, 6) is -0.389. The number of anilines is 1. The molecule has 1 amide bonds. The van der Waals surface area contributed by atoms with E-state index in [0.29, 0.717) is 27.8 Å². The van der Waals surface area contributed by atoms with Crippen LogP contribution < -0.4 is 5.32 Å². The number of ketones is 1. The van der Waals surface area contributed by atoms with E-state index in [2.05, 4.69) is 20.3 Å². The number of nitrogens with zero attached hydrogens (tertiary/aromatic N) is 5. The number of hydrogen-bond donors (Lipinski definition) is 1. The number of aromatic nitrogens is 5. The quantitative estimate of drug-likeness (QED) is 0.355. The van der Waals surface area contributed by atoms with Gasteiger partial charge in [-0.2, -0.15) is 0 Å². The van der Waals surface area contributed by atoms with Crippen molar-refractivity contribution in [3.8, 4) is 5.69 Å². The predicted octanol–water partition coefficient (Wildman–Crippen LogP) is 4.61. The van der Waals surface area contributed by atoms with Gasteiger partial charge in [0.2, 0.25) is 5.91 Å². The minimum Gasteiger partial charge on any atom is -0.329 e. The lowest BCUT2D eigenvalue weighted by atomic mass is 10.1. The highest BCUT2D eigenvalue weighted by molar-refractivity contribution is 6.16. The van der Waals surface area contributed by atoms with Crippen LogP contribution in [0.1, 0.15) is 41.4 Å². The maximum absolute atomic E-state index is 13.3. The van der Waals surface area contributed by atoms with Gasteiger partial charge in [0.1, 0.15) is 12.0 Å². The first kappa shape index (κ1) is 22.2. The van der Waals surface area contributed by atoms with Crippen LogP contribution in [0.3, 0.4) is 0 Å². The Hall–Kier alpha value is -4.59. The summed E-state index contributed by atoms with van der Waals surface area (Å²) >= 11 is 0. The summed E-state index contributed by atoms with van der Waals surface area (Å²) in [4.78, 5) is 38.6. The molecule has 0 unspecified atom stereocenters. The fourth-order valence-corrected chi connectivity index (χ4v) is 4.05. The molecule has 8 heteroatoms. The summed E-state index contributed by atoms with van der Waals surface area (Å²) in [6, 6.07) is 13.6. The maximum atomic E-state index is 13.3. The van der Waals surface area contributed by atoms with E-state index in [1.54, 1.807) is 18.5 Å². The Morgan fingerprint density at radius 2 is 1.83 bits per heavy atom. The highest BCUT2D eigenvalue weighted by Gasteiger charge is 2.20. The highest BCUT2D eigenvalue weighted by Crippen LogP contribution is 2.25. The van der Waals surface area contributed by atoms with Crippen LogP contribution in [0, 0.1) is 0 Å². The van der Waals surface area contributed by atoms with E-state index in [9.17, 15) is 9.59 Å². The van der Waals surface area contributed by atoms with E-state index in [1.165, 1.54) is 18.7 Å². The molecule has 0 spiro atoms. The number of para-hydroxylation sites is 1. The molecule has 0 atom stereocenters. The summed E-state index contributed by atoms with van der Waals surface area (Å²) in [6.07, 6.45) is 12.0. The van der Waals surface area contributed by atoms with E-state index in [1.807, 2.05) is 71.8 Å². The van der Waals surface area contributed by atoms with Crippen LogP contribution in [0.25, 0.3) is 16.7 Å². The van der Waals surface area contributed by atoms with Crippen molar-refractivity contribution < 1.29 is 9.59 Å². The zero-order valence-corrected chi connectivity index (χ0v) is 19.4. The summed E-state index contributed by atoms with van der Waals surface area (Å²) in [5, 5.41) is 3.54. The number of carbonyl (C=O) groups is 2. The SMILES string of the molecule is CC(C)n1cc(C(=O)c2cncc(NC(=O)Cc3ccn(-c4ccccc4)c3)c2)c2cncnc21. The first-order valence-electron chi connectivity index (χ1n) is 11.3. The fraction of sp³-hybridized carbons (Fsp3) is 0.148. The Balaban J connectivity index is 1.33. The largest absolute Gasteiger partial charge is 0.329 e. The summed E-state index contributed by atoms with van der Waals surface area (Å²) < 4.78 is 3.92.